The summed E-state index contributed by atoms with van der Waals surface area (Å²) in [5, 5.41) is 22.0. The average molecular weight is 443 g/mol. The van der Waals surface area contributed by atoms with Crippen molar-refractivity contribution in [1.29, 1.82) is 10.5 Å². The summed E-state index contributed by atoms with van der Waals surface area (Å²) >= 11 is 0. The molecule has 0 spiro atoms. The van der Waals surface area contributed by atoms with Crippen LogP contribution in [0.3, 0.4) is 0 Å². The molecule has 1 fully saturated rings. The molecule has 0 atom stereocenters. The van der Waals surface area contributed by atoms with Crippen LogP contribution in [-0.2, 0) is 11.3 Å². The molecule has 1 aliphatic heterocycles. The van der Waals surface area contributed by atoms with Gasteiger partial charge in [-0.2, -0.15) is 10.5 Å². The third-order valence-electron chi connectivity index (χ3n) is 6.04. The van der Waals surface area contributed by atoms with E-state index in [4.69, 9.17) is 5.26 Å². The van der Waals surface area contributed by atoms with E-state index >= 15 is 0 Å². The van der Waals surface area contributed by atoms with Gasteiger partial charge in [-0.1, -0.05) is 30.3 Å². The van der Waals surface area contributed by atoms with Crippen molar-refractivity contribution in [3.63, 3.8) is 0 Å². The first-order chi connectivity index (χ1) is 16.0. The van der Waals surface area contributed by atoms with Crippen LogP contribution >= 0.6 is 0 Å². The van der Waals surface area contributed by atoms with Gasteiger partial charge in [-0.15, -0.1) is 0 Å². The highest BCUT2D eigenvalue weighted by Crippen LogP contribution is 2.32. The monoisotopic (exact) mass is 443 g/mol. The highest BCUT2D eigenvalue weighted by atomic mass is 19.1. The predicted molar refractivity (Wildman–Crippen MR) is 122 cm³/mol. The Morgan fingerprint density at radius 2 is 1.79 bits per heavy atom. The number of halogens is 1. The van der Waals surface area contributed by atoms with E-state index in [-0.39, 0.29) is 36.3 Å². The van der Waals surface area contributed by atoms with Gasteiger partial charge < -0.3 is 14.8 Å². The van der Waals surface area contributed by atoms with Crippen LogP contribution in [0.5, 0.6) is 0 Å². The number of carbonyl (C=O) groups excluding carboxylic acids is 1. The van der Waals surface area contributed by atoms with Crippen molar-refractivity contribution >= 4 is 22.5 Å². The maximum absolute atomic E-state index is 13.4. The molecular weight excluding hydrogens is 421 g/mol. The molecule has 1 N–H and O–H groups in total. The number of carbonyl (C=O) groups is 1. The molecule has 0 aliphatic carbocycles. The second-order valence-corrected chi connectivity index (χ2v) is 8.01. The predicted octanol–water partition coefficient (Wildman–Crippen LogP) is 2.92. The third kappa shape index (κ3) is 4.42. The highest BCUT2D eigenvalue weighted by molar-refractivity contribution is 5.95. The van der Waals surface area contributed by atoms with Gasteiger partial charge in [0.2, 0.25) is 5.91 Å². The smallest absolute Gasteiger partial charge is 0.271 e. The summed E-state index contributed by atoms with van der Waals surface area (Å²) in [6, 6.07) is 17.4. The van der Waals surface area contributed by atoms with Crippen molar-refractivity contribution in [2.75, 3.05) is 24.5 Å². The molecule has 0 unspecified atom stereocenters. The number of hydrogen-bond acceptors (Lipinski definition) is 5. The highest BCUT2D eigenvalue weighted by Gasteiger charge is 2.28. The lowest BCUT2D eigenvalue weighted by atomic mass is 9.94. The average Bonchev–Trinajstić information content (AvgIpc) is 2.85. The minimum Gasteiger partial charge on any atom is -0.370 e. The molecule has 2 aromatic carbocycles. The number of amides is 1. The van der Waals surface area contributed by atoms with Gasteiger partial charge in [-0.05, 0) is 36.6 Å². The number of piperidine rings is 1. The van der Waals surface area contributed by atoms with Crippen LogP contribution in [0.15, 0.2) is 53.3 Å². The fraction of sp³-hybridized carbons (Fsp3) is 0.280. The Hall–Kier alpha value is -4.17. The molecular formula is C25H22FN5O2. The zero-order chi connectivity index (χ0) is 23.4. The first-order valence-corrected chi connectivity index (χ1v) is 10.7. The van der Waals surface area contributed by atoms with E-state index in [1.54, 1.807) is 16.7 Å². The van der Waals surface area contributed by atoms with Crippen molar-refractivity contribution in [1.82, 2.24) is 9.88 Å². The van der Waals surface area contributed by atoms with E-state index < -0.39 is 5.56 Å². The topological polar surface area (TPSA) is 102 Å². The second kappa shape index (κ2) is 9.54. The Balaban J connectivity index is 1.71. The lowest BCUT2D eigenvalue weighted by Crippen LogP contribution is -2.41. The Morgan fingerprint density at radius 3 is 2.45 bits per heavy atom. The van der Waals surface area contributed by atoms with Gasteiger partial charge in [0.05, 0.1) is 23.8 Å². The molecule has 1 saturated heterocycles. The molecule has 7 nitrogen and oxygen atoms in total. The normalized spacial score (nSPS) is 14.0. The number of aromatic nitrogens is 1. The molecule has 8 heteroatoms. The maximum Gasteiger partial charge on any atom is 0.271 e. The molecule has 33 heavy (non-hydrogen) atoms. The quantitative estimate of drug-likeness (QED) is 0.611. The fourth-order valence-electron chi connectivity index (χ4n) is 4.38. The lowest BCUT2D eigenvalue weighted by Gasteiger charge is -2.34. The number of para-hydroxylation sites is 1. The van der Waals surface area contributed by atoms with E-state index in [1.807, 2.05) is 35.2 Å². The molecule has 0 bridgehead atoms. The number of hydrogen-bond donors (Lipinski definition) is 1. The van der Waals surface area contributed by atoms with E-state index in [1.165, 1.54) is 12.1 Å². The number of nitrogens with one attached hydrogen (secondary N) is 1. The first kappa shape index (κ1) is 22.0. The van der Waals surface area contributed by atoms with E-state index in [0.29, 0.717) is 37.1 Å². The number of benzene rings is 2. The van der Waals surface area contributed by atoms with Gasteiger partial charge in [-0.3, -0.25) is 9.59 Å². The van der Waals surface area contributed by atoms with Crippen LogP contribution in [0.2, 0.25) is 0 Å². The molecule has 0 saturated carbocycles. The first-order valence-electron chi connectivity index (χ1n) is 10.7. The van der Waals surface area contributed by atoms with Crippen molar-refractivity contribution in [2.45, 2.75) is 19.4 Å². The third-order valence-corrected chi connectivity index (χ3v) is 6.04. The SMILES string of the molecule is N#CCNC(=O)C1CCN(c2c(C#N)c(=O)n(Cc3ccc(F)cc3)c3ccccc23)CC1. The van der Waals surface area contributed by atoms with Crippen molar-refractivity contribution in [3.8, 4) is 12.1 Å². The van der Waals surface area contributed by atoms with Gasteiger partial charge in [0.1, 0.15) is 24.0 Å². The number of fused-ring (bicyclic) bond motifs is 1. The number of nitrogens with zero attached hydrogens (tertiary/aromatic N) is 4. The maximum atomic E-state index is 13.4. The standard InChI is InChI=1S/C25H22FN5O2/c26-19-7-5-17(6-8-19)16-31-22-4-2-1-3-20(22)23(21(15-28)25(31)33)30-13-9-18(10-14-30)24(32)29-12-11-27/h1-8,18H,9-10,12-14,16H2,(H,29,32). The van der Waals surface area contributed by atoms with Crippen LogP contribution in [0.1, 0.15) is 24.0 Å². The zero-order valence-electron chi connectivity index (χ0n) is 17.9. The summed E-state index contributed by atoms with van der Waals surface area (Å²) in [4.78, 5) is 27.6. The fourth-order valence-corrected chi connectivity index (χ4v) is 4.38. The zero-order valence-corrected chi connectivity index (χ0v) is 17.9. The molecule has 1 aliphatic rings. The molecule has 3 aromatic rings. The Labute approximate surface area is 190 Å². The molecule has 1 aromatic heterocycles. The van der Waals surface area contributed by atoms with Crippen LogP contribution in [0.25, 0.3) is 10.9 Å². The van der Waals surface area contributed by atoms with Gasteiger partial charge in [0, 0.05) is 24.4 Å². The van der Waals surface area contributed by atoms with Crippen LogP contribution in [-0.4, -0.2) is 30.1 Å². The number of rotatable bonds is 5. The number of nitriles is 2. The second-order valence-electron chi connectivity index (χ2n) is 8.01. The Kier molecular flexibility index (Phi) is 6.37. The molecule has 2 heterocycles. The minimum atomic E-state index is -0.399. The van der Waals surface area contributed by atoms with Crippen LogP contribution in [0.4, 0.5) is 10.1 Å². The van der Waals surface area contributed by atoms with Crippen molar-refractivity contribution < 1.29 is 9.18 Å². The van der Waals surface area contributed by atoms with Gasteiger partial charge in [-0.25, -0.2) is 4.39 Å². The Bertz CT molecular complexity index is 1330. The van der Waals surface area contributed by atoms with Crippen molar-refractivity contribution in [2.24, 2.45) is 5.92 Å². The summed E-state index contributed by atoms with van der Waals surface area (Å²) in [5.74, 6) is -0.699. The minimum absolute atomic E-state index is 0.0193. The summed E-state index contributed by atoms with van der Waals surface area (Å²) < 4.78 is 14.9. The summed E-state index contributed by atoms with van der Waals surface area (Å²) in [5.41, 5.74) is 1.69. The van der Waals surface area contributed by atoms with E-state index in [2.05, 4.69) is 11.4 Å². The van der Waals surface area contributed by atoms with Crippen molar-refractivity contribution in [3.05, 3.63) is 75.8 Å². The van der Waals surface area contributed by atoms with Gasteiger partial charge in [0.25, 0.3) is 5.56 Å². The molecule has 4 rings (SSSR count). The Morgan fingerprint density at radius 1 is 1.09 bits per heavy atom. The van der Waals surface area contributed by atoms with Crippen LogP contribution < -0.4 is 15.8 Å². The molecule has 1 amide bonds. The molecule has 0 radical (unpaired) electrons. The molecule has 166 valence electrons. The lowest BCUT2D eigenvalue weighted by molar-refractivity contribution is -0.125. The van der Waals surface area contributed by atoms with Crippen LogP contribution in [0, 0.1) is 34.4 Å². The van der Waals surface area contributed by atoms with Gasteiger partial charge >= 0.3 is 0 Å². The van der Waals surface area contributed by atoms with Gasteiger partial charge in [0.15, 0.2) is 0 Å². The summed E-state index contributed by atoms with van der Waals surface area (Å²) in [7, 11) is 0. The number of pyridine rings is 1. The number of anilines is 1. The van der Waals surface area contributed by atoms with E-state index in [9.17, 15) is 19.2 Å². The summed E-state index contributed by atoms with van der Waals surface area (Å²) in [6.45, 7) is 1.24. The largest absolute Gasteiger partial charge is 0.370 e. The van der Waals surface area contributed by atoms with E-state index in [0.717, 1.165) is 10.9 Å². The summed E-state index contributed by atoms with van der Waals surface area (Å²) in [6.07, 6.45) is 1.13.